The minimum Gasteiger partial charge on any atom is -0.493 e. The predicted octanol–water partition coefficient (Wildman–Crippen LogP) is 3.42. The maximum Gasteiger partial charge on any atom is 0.120 e. The van der Waals surface area contributed by atoms with Gasteiger partial charge in [0.25, 0.3) is 0 Å². The van der Waals surface area contributed by atoms with Crippen LogP contribution in [0.5, 0.6) is 5.75 Å². The van der Waals surface area contributed by atoms with Crippen LogP contribution in [0.4, 0.5) is 0 Å². The van der Waals surface area contributed by atoms with E-state index in [1.165, 1.54) is 5.56 Å². The van der Waals surface area contributed by atoms with Gasteiger partial charge in [0.1, 0.15) is 5.75 Å². The molecule has 94 valence electrons. The topological polar surface area (TPSA) is 35.2 Å². The van der Waals surface area contributed by atoms with E-state index in [1.807, 2.05) is 24.3 Å². The number of benzene rings is 2. The van der Waals surface area contributed by atoms with Gasteiger partial charge in [-0.1, -0.05) is 41.9 Å². The molecular weight excluding hydrogens is 246 g/mol. The van der Waals surface area contributed by atoms with Crippen molar-refractivity contribution in [2.24, 2.45) is 5.73 Å². The highest BCUT2D eigenvalue weighted by Crippen LogP contribution is 2.17. The Hall–Kier alpha value is -1.51. The standard InChI is InChI=1S/C15H16ClNO/c16-14-2-1-3-15(10-14)18-9-8-12-4-6-13(11-17)7-5-12/h1-7,10H,8-9,11,17H2. The van der Waals surface area contributed by atoms with Crippen molar-refractivity contribution in [2.75, 3.05) is 6.61 Å². The SMILES string of the molecule is NCc1ccc(CCOc2cccc(Cl)c2)cc1. The molecule has 2 rings (SSSR count). The fourth-order valence-electron chi connectivity index (χ4n) is 1.69. The molecule has 0 aliphatic heterocycles. The summed E-state index contributed by atoms with van der Waals surface area (Å²) in [5.74, 6) is 0.807. The first-order valence-corrected chi connectivity index (χ1v) is 6.32. The third-order valence-electron chi connectivity index (χ3n) is 2.71. The van der Waals surface area contributed by atoms with E-state index in [1.54, 1.807) is 0 Å². The Morgan fingerprint density at radius 1 is 1.00 bits per heavy atom. The molecule has 0 saturated heterocycles. The fraction of sp³-hybridized carbons (Fsp3) is 0.200. The van der Waals surface area contributed by atoms with Gasteiger partial charge in [-0.15, -0.1) is 0 Å². The number of ether oxygens (including phenoxy) is 1. The third-order valence-corrected chi connectivity index (χ3v) is 2.95. The fourth-order valence-corrected chi connectivity index (χ4v) is 1.87. The minimum absolute atomic E-state index is 0.583. The van der Waals surface area contributed by atoms with Crippen LogP contribution >= 0.6 is 11.6 Å². The van der Waals surface area contributed by atoms with Gasteiger partial charge in [0.15, 0.2) is 0 Å². The van der Waals surface area contributed by atoms with Crippen molar-refractivity contribution in [3.8, 4) is 5.75 Å². The van der Waals surface area contributed by atoms with E-state index < -0.39 is 0 Å². The normalized spacial score (nSPS) is 10.3. The summed E-state index contributed by atoms with van der Waals surface area (Å²) in [5, 5.41) is 0.694. The molecule has 0 radical (unpaired) electrons. The lowest BCUT2D eigenvalue weighted by Gasteiger charge is -2.07. The van der Waals surface area contributed by atoms with E-state index in [-0.39, 0.29) is 0 Å². The van der Waals surface area contributed by atoms with Crippen LogP contribution in [-0.2, 0) is 13.0 Å². The van der Waals surface area contributed by atoms with Crippen LogP contribution in [0.15, 0.2) is 48.5 Å². The second-order valence-electron chi connectivity index (χ2n) is 4.08. The first-order chi connectivity index (χ1) is 8.78. The first-order valence-electron chi connectivity index (χ1n) is 5.94. The molecule has 0 spiro atoms. The number of hydrogen-bond donors (Lipinski definition) is 1. The Morgan fingerprint density at radius 3 is 2.39 bits per heavy atom. The molecule has 2 N–H and O–H groups in total. The number of nitrogens with two attached hydrogens (primary N) is 1. The molecule has 0 aromatic heterocycles. The van der Waals surface area contributed by atoms with Crippen molar-refractivity contribution in [2.45, 2.75) is 13.0 Å². The molecule has 2 aromatic carbocycles. The molecule has 0 heterocycles. The largest absolute Gasteiger partial charge is 0.493 e. The molecule has 2 nitrogen and oxygen atoms in total. The molecule has 0 amide bonds. The molecule has 0 fully saturated rings. The van der Waals surface area contributed by atoms with Crippen molar-refractivity contribution < 1.29 is 4.74 Å². The molecule has 0 aliphatic carbocycles. The third kappa shape index (κ3) is 3.76. The van der Waals surface area contributed by atoms with Gasteiger partial charge in [-0.3, -0.25) is 0 Å². The highest BCUT2D eigenvalue weighted by Gasteiger charge is 1.97. The Morgan fingerprint density at radius 2 is 1.72 bits per heavy atom. The monoisotopic (exact) mass is 261 g/mol. The Kier molecular flexibility index (Phi) is 4.62. The van der Waals surface area contributed by atoms with Crippen LogP contribution in [0.3, 0.4) is 0 Å². The molecule has 0 saturated carbocycles. The van der Waals surface area contributed by atoms with Crippen molar-refractivity contribution >= 4 is 11.6 Å². The Balaban J connectivity index is 1.84. The number of hydrogen-bond acceptors (Lipinski definition) is 2. The van der Waals surface area contributed by atoms with Crippen molar-refractivity contribution in [3.63, 3.8) is 0 Å². The highest BCUT2D eigenvalue weighted by atomic mass is 35.5. The van der Waals surface area contributed by atoms with Crippen molar-refractivity contribution in [3.05, 3.63) is 64.7 Å². The predicted molar refractivity (Wildman–Crippen MR) is 75.0 cm³/mol. The summed E-state index contributed by atoms with van der Waals surface area (Å²) >= 11 is 5.88. The summed E-state index contributed by atoms with van der Waals surface area (Å²) in [7, 11) is 0. The molecule has 2 aromatic rings. The van der Waals surface area contributed by atoms with E-state index in [9.17, 15) is 0 Å². The molecule has 0 unspecified atom stereocenters. The zero-order valence-corrected chi connectivity index (χ0v) is 10.9. The number of rotatable bonds is 5. The smallest absolute Gasteiger partial charge is 0.120 e. The van der Waals surface area contributed by atoms with Crippen LogP contribution < -0.4 is 10.5 Å². The zero-order valence-electron chi connectivity index (χ0n) is 10.1. The summed E-state index contributed by atoms with van der Waals surface area (Å²) in [5.41, 5.74) is 7.95. The van der Waals surface area contributed by atoms with Crippen molar-refractivity contribution in [1.29, 1.82) is 0 Å². The van der Waals surface area contributed by atoms with E-state index in [2.05, 4.69) is 24.3 Å². The summed E-state index contributed by atoms with van der Waals surface area (Å²) < 4.78 is 5.64. The van der Waals surface area contributed by atoms with Crippen LogP contribution in [0, 0.1) is 0 Å². The summed E-state index contributed by atoms with van der Waals surface area (Å²) in [4.78, 5) is 0. The molecule has 0 atom stereocenters. The van der Waals surface area contributed by atoms with Gasteiger partial charge in [-0.2, -0.15) is 0 Å². The maximum absolute atomic E-state index is 5.88. The molecule has 0 bridgehead atoms. The summed E-state index contributed by atoms with van der Waals surface area (Å²) in [6.07, 6.45) is 0.872. The Labute approximate surface area is 112 Å². The number of halogens is 1. The van der Waals surface area contributed by atoms with E-state index in [0.717, 1.165) is 17.7 Å². The van der Waals surface area contributed by atoms with Gasteiger partial charge in [-0.25, -0.2) is 0 Å². The second-order valence-corrected chi connectivity index (χ2v) is 4.51. The highest BCUT2D eigenvalue weighted by molar-refractivity contribution is 6.30. The second kappa shape index (κ2) is 6.43. The van der Waals surface area contributed by atoms with Crippen LogP contribution in [0.1, 0.15) is 11.1 Å². The zero-order chi connectivity index (χ0) is 12.8. The summed E-state index contributed by atoms with van der Waals surface area (Å²) in [6.45, 7) is 1.22. The lowest BCUT2D eigenvalue weighted by atomic mass is 10.1. The lowest BCUT2D eigenvalue weighted by molar-refractivity contribution is 0.322. The van der Waals surface area contributed by atoms with Gasteiger partial charge >= 0.3 is 0 Å². The molecule has 3 heteroatoms. The van der Waals surface area contributed by atoms with Crippen LogP contribution in [0.25, 0.3) is 0 Å². The van der Waals surface area contributed by atoms with Crippen LogP contribution in [-0.4, -0.2) is 6.61 Å². The maximum atomic E-state index is 5.88. The minimum atomic E-state index is 0.583. The van der Waals surface area contributed by atoms with E-state index in [0.29, 0.717) is 18.2 Å². The summed E-state index contributed by atoms with van der Waals surface area (Å²) in [6, 6.07) is 15.7. The van der Waals surface area contributed by atoms with E-state index in [4.69, 9.17) is 22.1 Å². The quantitative estimate of drug-likeness (QED) is 0.895. The molecular formula is C15H16ClNO. The van der Waals surface area contributed by atoms with Gasteiger partial charge in [-0.05, 0) is 29.3 Å². The van der Waals surface area contributed by atoms with Gasteiger partial charge < -0.3 is 10.5 Å². The van der Waals surface area contributed by atoms with Gasteiger partial charge in [0.05, 0.1) is 6.61 Å². The average molecular weight is 262 g/mol. The molecule has 18 heavy (non-hydrogen) atoms. The van der Waals surface area contributed by atoms with Crippen molar-refractivity contribution in [1.82, 2.24) is 0 Å². The van der Waals surface area contributed by atoms with Gasteiger partial charge in [0, 0.05) is 18.0 Å². The average Bonchev–Trinajstić information content (AvgIpc) is 2.40. The van der Waals surface area contributed by atoms with Crippen LogP contribution in [0.2, 0.25) is 5.02 Å². The first kappa shape index (κ1) is 12.9. The lowest BCUT2D eigenvalue weighted by Crippen LogP contribution is -2.02. The Bertz CT molecular complexity index is 496. The van der Waals surface area contributed by atoms with E-state index >= 15 is 0 Å². The van der Waals surface area contributed by atoms with Gasteiger partial charge in [0.2, 0.25) is 0 Å². The molecule has 0 aliphatic rings.